The first-order chi connectivity index (χ1) is 23.0. The number of anilines is 3. The predicted molar refractivity (Wildman–Crippen MR) is 164 cm³/mol. The molecule has 48 heavy (non-hydrogen) atoms. The van der Waals surface area contributed by atoms with Crippen molar-refractivity contribution < 1.29 is 41.1 Å². The van der Waals surface area contributed by atoms with Gasteiger partial charge in [0.2, 0.25) is 5.76 Å². The molecule has 2 saturated heterocycles. The van der Waals surface area contributed by atoms with Gasteiger partial charge in [0, 0.05) is 45.3 Å². The van der Waals surface area contributed by atoms with Crippen LogP contribution in [0, 0.1) is 11.6 Å². The van der Waals surface area contributed by atoms with Gasteiger partial charge >= 0.3 is 6.18 Å². The lowest BCUT2D eigenvalue weighted by molar-refractivity contribution is -0.142. The number of pyridine rings is 1. The van der Waals surface area contributed by atoms with Gasteiger partial charge in [0.1, 0.15) is 17.5 Å². The van der Waals surface area contributed by atoms with E-state index in [4.69, 9.17) is 4.42 Å². The molecule has 10 nitrogen and oxygen atoms in total. The van der Waals surface area contributed by atoms with E-state index in [1.54, 1.807) is 11.0 Å². The zero-order valence-electron chi connectivity index (χ0n) is 25.5. The van der Waals surface area contributed by atoms with Gasteiger partial charge in [-0.3, -0.25) is 9.59 Å². The lowest BCUT2D eigenvalue weighted by Gasteiger charge is -2.36. The van der Waals surface area contributed by atoms with Crippen LogP contribution in [-0.4, -0.2) is 71.1 Å². The fourth-order valence-corrected chi connectivity index (χ4v) is 5.96. The maximum absolute atomic E-state index is 13.9. The van der Waals surface area contributed by atoms with E-state index in [1.807, 2.05) is 35.2 Å². The molecule has 4 heterocycles. The number of amides is 2. The first-order valence-electron chi connectivity index (χ1n) is 15.3. The van der Waals surface area contributed by atoms with Crippen LogP contribution in [0.15, 0.2) is 71.3 Å². The summed E-state index contributed by atoms with van der Waals surface area (Å²) in [6.45, 7) is 1.83. The molecule has 2 amide bonds. The van der Waals surface area contributed by atoms with E-state index in [0.717, 1.165) is 17.7 Å². The lowest BCUT2D eigenvalue weighted by atomic mass is 9.90. The minimum absolute atomic E-state index is 0.123. The maximum Gasteiger partial charge on any atom is 0.437 e. The molecule has 2 aromatic carbocycles. The summed E-state index contributed by atoms with van der Waals surface area (Å²) in [5.74, 6) is -3.85. The molecule has 252 valence electrons. The smallest absolute Gasteiger partial charge is 0.417 e. The monoisotopic (exact) mass is 670 g/mol. The van der Waals surface area contributed by atoms with Crippen LogP contribution in [0.4, 0.5) is 39.5 Å². The summed E-state index contributed by atoms with van der Waals surface area (Å²) < 4.78 is 74.2. The summed E-state index contributed by atoms with van der Waals surface area (Å²) in [7, 11) is 0. The summed E-state index contributed by atoms with van der Waals surface area (Å²) in [4.78, 5) is 38.5. The molecule has 0 bridgehead atoms. The highest BCUT2D eigenvalue weighted by molar-refractivity contribution is 6.03. The minimum Gasteiger partial charge on any atom is -0.417 e. The third-order valence-corrected chi connectivity index (χ3v) is 8.48. The Kier molecular flexibility index (Phi) is 9.31. The molecule has 2 aromatic heterocycles. The van der Waals surface area contributed by atoms with E-state index in [2.05, 4.69) is 15.3 Å². The van der Waals surface area contributed by atoms with Crippen LogP contribution < -0.4 is 15.1 Å². The summed E-state index contributed by atoms with van der Waals surface area (Å²) >= 11 is 0. The van der Waals surface area contributed by atoms with Crippen molar-refractivity contribution in [2.45, 2.75) is 31.0 Å². The van der Waals surface area contributed by atoms with E-state index in [1.165, 1.54) is 17.2 Å². The van der Waals surface area contributed by atoms with E-state index < -0.39 is 47.2 Å². The standard InChI is InChI=1S/C33H31F5N6O4/c34-23-16-22(17-24(35)18-23)27(45)31(47)43-14-12-42(13-15-43)26-7-6-25(19-39-26)40-30(46)28-29(33(36,37)38)41-32(48-28)44-10-8-21(9-11-44)20-4-2-1-3-5-20/h1-7,16-19,21,27,45H,8-15H2,(H,40,46). The molecule has 2 N–H and O–H groups in total. The highest BCUT2D eigenvalue weighted by atomic mass is 19.4. The molecule has 0 radical (unpaired) electrons. The Bertz CT molecular complexity index is 1730. The van der Waals surface area contributed by atoms with Gasteiger partial charge in [0.15, 0.2) is 11.8 Å². The second-order valence-corrected chi connectivity index (χ2v) is 11.6. The first-order valence-corrected chi connectivity index (χ1v) is 15.3. The number of aliphatic hydroxyl groups excluding tert-OH is 1. The molecule has 2 aliphatic rings. The van der Waals surface area contributed by atoms with Gasteiger partial charge < -0.3 is 29.5 Å². The van der Waals surface area contributed by atoms with Crippen molar-refractivity contribution in [1.82, 2.24) is 14.9 Å². The molecule has 0 saturated carbocycles. The number of hydrogen-bond acceptors (Lipinski definition) is 8. The van der Waals surface area contributed by atoms with Crippen molar-refractivity contribution in [3.05, 3.63) is 101 Å². The van der Waals surface area contributed by atoms with Crippen LogP contribution >= 0.6 is 0 Å². The number of carbonyl (C=O) groups excluding carboxylic acids is 2. The normalized spacial score (nSPS) is 16.6. The molecule has 6 rings (SSSR count). The zero-order valence-corrected chi connectivity index (χ0v) is 25.5. The Morgan fingerprint density at radius 3 is 2.17 bits per heavy atom. The Morgan fingerprint density at radius 1 is 0.896 bits per heavy atom. The van der Waals surface area contributed by atoms with E-state index in [0.29, 0.717) is 50.9 Å². The number of nitrogens with zero attached hydrogens (tertiary/aromatic N) is 5. The third kappa shape index (κ3) is 7.25. The van der Waals surface area contributed by atoms with Crippen LogP contribution in [0.3, 0.4) is 0 Å². The quantitative estimate of drug-likeness (QED) is 0.252. The van der Waals surface area contributed by atoms with Crippen LogP contribution in [0.5, 0.6) is 0 Å². The molecular formula is C33H31F5N6O4. The number of hydrogen-bond donors (Lipinski definition) is 2. The van der Waals surface area contributed by atoms with Crippen LogP contribution in [0.2, 0.25) is 0 Å². The van der Waals surface area contributed by atoms with Crippen molar-refractivity contribution in [1.29, 1.82) is 0 Å². The molecule has 1 unspecified atom stereocenters. The number of nitrogens with one attached hydrogen (secondary N) is 1. The van der Waals surface area contributed by atoms with Crippen molar-refractivity contribution in [2.75, 3.05) is 54.4 Å². The molecular weight excluding hydrogens is 639 g/mol. The predicted octanol–water partition coefficient (Wildman–Crippen LogP) is 5.39. The van der Waals surface area contributed by atoms with Crippen molar-refractivity contribution in [3.8, 4) is 0 Å². The number of alkyl halides is 3. The minimum atomic E-state index is -4.92. The number of oxazole rings is 1. The number of halogens is 5. The van der Waals surface area contributed by atoms with Crippen LogP contribution in [-0.2, 0) is 11.0 Å². The molecule has 15 heteroatoms. The summed E-state index contributed by atoms with van der Waals surface area (Å²) in [6, 6.07) is 15.1. The summed E-state index contributed by atoms with van der Waals surface area (Å²) in [5.41, 5.74) is -0.317. The fraction of sp³-hybridized carbons (Fsp3) is 0.333. The van der Waals surface area contributed by atoms with E-state index in [-0.39, 0.29) is 36.3 Å². The Labute approximate surface area is 271 Å². The zero-order chi connectivity index (χ0) is 34.0. The van der Waals surface area contributed by atoms with Crippen molar-refractivity contribution >= 4 is 29.3 Å². The molecule has 1 atom stereocenters. The largest absolute Gasteiger partial charge is 0.437 e. The van der Waals surface area contributed by atoms with Crippen LogP contribution in [0.25, 0.3) is 0 Å². The summed E-state index contributed by atoms with van der Waals surface area (Å²) in [5, 5.41) is 12.8. The average molecular weight is 671 g/mol. The topological polar surface area (TPSA) is 115 Å². The van der Waals surface area contributed by atoms with Gasteiger partial charge in [-0.25, -0.2) is 13.8 Å². The highest BCUT2D eigenvalue weighted by Gasteiger charge is 2.42. The SMILES string of the molecule is O=C(Nc1ccc(N2CCN(C(=O)C(O)c3cc(F)cc(F)c3)CC2)nc1)c1oc(N2CCC(c3ccccc3)CC2)nc1C(F)(F)F. The Hall–Kier alpha value is -5.05. The van der Waals surface area contributed by atoms with Gasteiger partial charge in [0.05, 0.1) is 11.9 Å². The Balaban J connectivity index is 1.06. The van der Waals surface area contributed by atoms with Gasteiger partial charge in [0.25, 0.3) is 17.8 Å². The lowest BCUT2D eigenvalue weighted by Crippen LogP contribution is -2.50. The van der Waals surface area contributed by atoms with E-state index >= 15 is 0 Å². The molecule has 2 aliphatic heterocycles. The molecule has 4 aromatic rings. The van der Waals surface area contributed by atoms with Gasteiger partial charge in [-0.05, 0) is 54.2 Å². The number of aliphatic hydroxyl groups is 1. The number of piperidine rings is 1. The average Bonchev–Trinajstić information content (AvgIpc) is 3.55. The number of aromatic nitrogens is 2. The number of benzene rings is 2. The third-order valence-electron chi connectivity index (χ3n) is 8.48. The fourth-order valence-electron chi connectivity index (χ4n) is 5.96. The Morgan fingerprint density at radius 2 is 1.56 bits per heavy atom. The van der Waals surface area contributed by atoms with Gasteiger partial charge in [-0.2, -0.15) is 18.2 Å². The maximum atomic E-state index is 13.9. The molecule has 0 spiro atoms. The second-order valence-electron chi connectivity index (χ2n) is 11.6. The van der Waals surface area contributed by atoms with Crippen molar-refractivity contribution in [2.24, 2.45) is 0 Å². The van der Waals surface area contributed by atoms with Gasteiger partial charge in [-0.15, -0.1) is 0 Å². The number of piperazine rings is 1. The summed E-state index contributed by atoms with van der Waals surface area (Å²) in [6.07, 6.45) is -3.99. The number of carbonyl (C=O) groups is 2. The first kappa shape index (κ1) is 32.9. The molecule has 0 aliphatic carbocycles. The highest BCUT2D eigenvalue weighted by Crippen LogP contribution is 2.36. The molecule has 2 fully saturated rings. The van der Waals surface area contributed by atoms with Crippen molar-refractivity contribution in [3.63, 3.8) is 0 Å². The number of rotatable bonds is 7. The second kappa shape index (κ2) is 13.6. The van der Waals surface area contributed by atoms with Crippen LogP contribution in [0.1, 0.15) is 52.2 Å². The van der Waals surface area contributed by atoms with Gasteiger partial charge in [-0.1, -0.05) is 30.3 Å². The van der Waals surface area contributed by atoms with E-state index in [9.17, 15) is 36.6 Å².